The fourth-order valence-electron chi connectivity index (χ4n) is 1.69. The van der Waals surface area contributed by atoms with Crippen LogP contribution >= 0.6 is 0 Å². The van der Waals surface area contributed by atoms with Crippen LogP contribution in [0.3, 0.4) is 0 Å². The highest BCUT2D eigenvalue weighted by molar-refractivity contribution is 7.77. The summed E-state index contributed by atoms with van der Waals surface area (Å²) in [4.78, 5) is 0. The van der Waals surface area contributed by atoms with Crippen LogP contribution < -0.4 is 4.72 Å². The molecule has 19 heavy (non-hydrogen) atoms. The third-order valence-electron chi connectivity index (χ3n) is 2.28. The summed E-state index contributed by atoms with van der Waals surface area (Å²) in [5, 5.41) is 0. The van der Waals surface area contributed by atoms with Gasteiger partial charge in [0.2, 0.25) is 0 Å². The van der Waals surface area contributed by atoms with Crippen LogP contribution in [0.2, 0.25) is 6.04 Å². The van der Waals surface area contributed by atoms with Crippen molar-refractivity contribution in [2.24, 2.45) is 0 Å². The van der Waals surface area contributed by atoms with Crippen LogP contribution in [0.4, 0.5) is 0 Å². The largest absolute Gasteiger partial charge is 0.755 e. The Morgan fingerprint density at radius 3 is 2.05 bits per heavy atom. The number of nitrogens with one attached hydrogen (secondary N) is 1. The van der Waals surface area contributed by atoms with Gasteiger partial charge in [-0.1, -0.05) is 6.58 Å². The molecule has 0 aromatic carbocycles. The van der Waals surface area contributed by atoms with Gasteiger partial charge < -0.3 is 22.6 Å². The predicted octanol–water partition coefficient (Wildman–Crippen LogP) is 1.71. The van der Waals surface area contributed by atoms with E-state index in [2.05, 4.69) is 11.3 Å². The van der Waals surface area contributed by atoms with E-state index >= 15 is 0 Å². The van der Waals surface area contributed by atoms with Gasteiger partial charge in [0, 0.05) is 42.8 Å². The molecule has 0 radical (unpaired) electrons. The molecule has 0 aromatic heterocycles. The van der Waals surface area contributed by atoms with Crippen molar-refractivity contribution in [2.45, 2.75) is 39.7 Å². The molecular weight excluding hydrogens is 286 g/mol. The maximum absolute atomic E-state index is 10.4. The first-order valence-corrected chi connectivity index (χ1v) is 9.45. The van der Waals surface area contributed by atoms with Gasteiger partial charge in [-0.15, -0.1) is 0 Å². The van der Waals surface area contributed by atoms with Crippen LogP contribution in [-0.2, 0) is 24.5 Å². The lowest BCUT2D eigenvalue weighted by Gasteiger charge is -2.28. The molecule has 1 atom stereocenters. The SMILES string of the molecule is C=C(CCC[Si](OCC)(OCC)OCC)NS(=O)[O-]. The first kappa shape index (κ1) is 18.7. The van der Waals surface area contributed by atoms with E-state index in [1.54, 1.807) is 0 Å². The van der Waals surface area contributed by atoms with Gasteiger partial charge in [0.05, 0.1) is 0 Å². The first-order chi connectivity index (χ1) is 8.99. The minimum atomic E-state index is -2.63. The van der Waals surface area contributed by atoms with Crippen molar-refractivity contribution >= 4 is 20.1 Å². The molecule has 8 heteroatoms. The number of hydrogen-bond donors (Lipinski definition) is 1. The Morgan fingerprint density at radius 1 is 1.21 bits per heavy atom. The predicted molar refractivity (Wildman–Crippen MR) is 75.9 cm³/mol. The zero-order chi connectivity index (χ0) is 14.7. The molecule has 0 bridgehead atoms. The van der Waals surface area contributed by atoms with Gasteiger partial charge in [0.25, 0.3) is 0 Å². The summed E-state index contributed by atoms with van der Waals surface area (Å²) >= 11 is -2.31. The van der Waals surface area contributed by atoms with Gasteiger partial charge in [-0.05, 0) is 33.6 Å². The first-order valence-electron chi connectivity index (χ1n) is 6.45. The maximum atomic E-state index is 10.4. The van der Waals surface area contributed by atoms with Gasteiger partial charge >= 0.3 is 8.80 Å². The zero-order valence-electron chi connectivity index (χ0n) is 11.9. The fraction of sp³-hybridized carbons (Fsp3) is 0.818. The average Bonchev–Trinajstić information content (AvgIpc) is 2.28. The molecule has 0 saturated heterocycles. The third-order valence-corrected chi connectivity index (χ3v) is 5.89. The Balaban J connectivity index is 4.31. The van der Waals surface area contributed by atoms with E-state index in [9.17, 15) is 8.76 Å². The standard InChI is InChI=1S/C11H25NO5SSi/c1-5-15-19(16-6-2,17-7-3)10-8-9-11(4)12-18(13)14/h12H,4-10H2,1-3H3,(H,13,14)/p-1. The smallest absolute Gasteiger partial charge is 0.500 e. The zero-order valence-corrected chi connectivity index (χ0v) is 13.7. The molecule has 6 nitrogen and oxygen atoms in total. The van der Waals surface area contributed by atoms with Gasteiger partial charge in [-0.3, -0.25) is 4.21 Å². The molecule has 114 valence electrons. The molecule has 0 heterocycles. The second-order valence-corrected chi connectivity index (χ2v) is 7.18. The molecule has 0 aromatic rings. The number of rotatable bonds is 12. The van der Waals surface area contributed by atoms with Gasteiger partial charge in [-0.25, -0.2) is 0 Å². The summed E-state index contributed by atoms with van der Waals surface area (Å²) in [5.41, 5.74) is 0.459. The summed E-state index contributed by atoms with van der Waals surface area (Å²) < 4.78 is 40.2. The molecule has 0 rings (SSSR count). The molecule has 0 spiro atoms. The molecule has 1 N–H and O–H groups in total. The summed E-state index contributed by atoms with van der Waals surface area (Å²) in [5.74, 6) is 0. The summed E-state index contributed by atoms with van der Waals surface area (Å²) in [6.07, 6.45) is 1.24. The van der Waals surface area contributed by atoms with E-state index in [1.807, 2.05) is 20.8 Å². The summed E-state index contributed by atoms with van der Waals surface area (Å²) in [7, 11) is -2.63. The van der Waals surface area contributed by atoms with Crippen molar-refractivity contribution < 1.29 is 22.0 Å². The van der Waals surface area contributed by atoms with Crippen molar-refractivity contribution in [3.63, 3.8) is 0 Å². The maximum Gasteiger partial charge on any atom is 0.500 e. The quantitative estimate of drug-likeness (QED) is 0.438. The Labute approximate surface area is 119 Å². The van der Waals surface area contributed by atoms with E-state index < -0.39 is 20.1 Å². The lowest BCUT2D eigenvalue weighted by Crippen LogP contribution is -2.45. The molecule has 0 aliphatic heterocycles. The Morgan fingerprint density at radius 2 is 1.68 bits per heavy atom. The second kappa shape index (κ2) is 10.5. The Hall–Kier alpha value is -0.253. The van der Waals surface area contributed by atoms with Crippen molar-refractivity contribution in [2.75, 3.05) is 19.8 Å². The Kier molecular flexibility index (Phi) is 10.4. The van der Waals surface area contributed by atoms with E-state index in [-0.39, 0.29) is 0 Å². The summed E-state index contributed by atoms with van der Waals surface area (Å²) in [6, 6.07) is 0.648. The minimum absolute atomic E-state index is 0.459. The lowest BCUT2D eigenvalue weighted by molar-refractivity contribution is 0.0708. The van der Waals surface area contributed by atoms with Crippen molar-refractivity contribution in [1.29, 1.82) is 0 Å². The van der Waals surface area contributed by atoms with Gasteiger partial charge in [-0.2, -0.15) is 0 Å². The van der Waals surface area contributed by atoms with E-state index in [4.69, 9.17) is 13.3 Å². The van der Waals surface area contributed by atoms with Crippen LogP contribution in [0.15, 0.2) is 12.3 Å². The average molecular weight is 310 g/mol. The molecule has 0 aliphatic rings. The highest BCUT2D eigenvalue weighted by Crippen LogP contribution is 2.20. The molecule has 0 aliphatic carbocycles. The van der Waals surface area contributed by atoms with Gasteiger partial charge in [0.15, 0.2) is 0 Å². The second-order valence-electron chi connectivity index (χ2n) is 3.78. The molecule has 0 fully saturated rings. The lowest BCUT2D eigenvalue weighted by atomic mass is 10.3. The normalized spacial score (nSPS) is 13.3. The van der Waals surface area contributed by atoms with Crippen LogP contribution in [0.5, 0.6) is 0 Å². The summed E-state index contributed by atoms with van der Waals surface area (Å²) in [6.45, 7) is 11.0. The van der Waals surface area contributed by atoms with E-state index in [1.165, 1.54) is 0 Å². The fourth-order valence-corrected chi connectivity index (χ4v) is 4.64. The highest BCUT2D eigenvalue weighted by Gasteiger charge is 2.39. The van der Waals surface area contributed by atoms with Gasteiger partial charge in [0.1, 0.15) is 0 Å². The topological polar surface area (TPSA) is 79.8 Å². The van der Waals surface area contributed by atoms with Crippen LogP contribution in [0.1, 0.15) is 33.6 Å². The van der Waals surface area contributed by atoms with Crippen molar-refractivity contribution in [3.05, 3.63) is 12.3 Å². The van der Waals surface area contributed by atoms with Crippen LogP contribution in [0.25, 0.3) is 0 Å². The minimum Gasteiger partial charge on any atom is -0.755 e. The monoisotopic (exact) mass is 310 g/mol. The van der Waals surface area contributed by atoms with E-state index in [0.29, 0.717) is 44.4 Å². The van der Waals surface area contributed by atoms with Crippen LogP contribution in [-0.4, -0.2) is 37.4 Å². The number of hydrogen-bond acceptors (Lipinski definition) is 5. The third kappa shape index (κ3) is 8.50. The molecule has 0 amide bonds. The molecule has 0 saturated carbocycles. The highest BCUT2D eigenvalue weighted by atomic mass is 32.2. The number of allylic oxidation sites excluding steroid dienone is 1. The molecule has 1 unspecified atom stereocenters. The Bertz CT molecular complexity index is 273. The van der Waals surface area contributed by atoms with Crippen molar-refractivity contribution in [1.82, 2.24) is 4.72 Å². The molecular formula is C11H24NO5SSi-. The van der Waals surface area contributed by atoms with Crippen molar-refractivity contribution in [3.8, 4) is 0 Å². The van der Waals surface area contributed by atoms with E-state index in [0.717, 1.165) is 0 Å². The van der Waals surface area contributed by atoms with Crippen LogP contribution in [0, 0.1) is 0 Å².